The first-order valence-corrected chi connectivity index (χ1v) is 9.50. The van der Waals surface area contributed by atoms with Gasteiger partial charge in [-0.25, -0.2) is 0 Å². The number of aromatic nitrogens is 2. The highest BCUT2D eigenvalue weighted by Crippen LogP contribution is 2.35. The molecule has 1 saturated heterocycles. The number of hydrogen-bond donors (Lipinski definition) is 0. The van der Waals surface area contributed by atoms with Crippen LogP contribution in [0, 0.1) is 0 Å². The van der Waals surface area contributed by atoms with Gasteiger partial charge < -0.3 is 14.2 Å². The van der Waals surface area contributed by atoms with Crippen LogP contribution in [0.1, 0.15) is 50.3 Å². The quantitative estimate of drug-likeness (QED) is 0.806. The van der Waals surface area contributed by atoms with Crippen molar-refractivity contribution in [1.29, 1.82) is 0 Å². The second-order valence-corrected chi connectivity index (χ2v) is 7.48. The molecule has 1 atom stereocenters. The van der Waals surface area contributed by atoms with E-state index in [1.807, 2.05) is 4.90 Å². The second-order valence-electron chi connectivity index (χ2n) is 7.04. The molecule has 0 N–H and O–H groups in total. The van der Waals surface area contributed by atoms with Gasteiger partial charge in [-0.05, 0) is 31.0 Å². The van der Waals surface area contributed by atoms with Crippen LogP contribution in [0.25, 0.3) is 11.5 Å². The maximum atomic E-state index is 12.5. The van der Waals surface area contributed by atoms with E-state index in [0.29, 0.717) is 47.1 Å². The smallest absolute Gasteiger partial charge is 0.261 e. The summed E-state index contributed by atoms with van der Waals surface area (Å²) in [5.41, 5.74) is 0.698. The molecule has 1 aliphatic heterocycles. The Morgan fingerprint density at radius 2 is 2.08 bits per heavy atom. The molecule has 2 aliphatic rings. The van der Waals surface area contributed by atoms with Gasteiger partial charge in [0.05, 0.1) is 12.7 Å². The maximum absolute atomic E-state index is 12.5. The highest BCUT2D eigenvalue weighted by atomic mass is 35.5. The lowest BCUT2D eigenvalue weighted by molar-refractivity contribution is -0.130. The molecule has 0 unspecified atom stereocenters. The highest BCUT2D eigenvalue weighted by Gasteiger charge is 2.37. The lowest BCUT2D eigenvalue weighted by atomic mass is 9.94. The van der Waals surface area contributed by atoms with Crippen molar-refractivity contribution in [3.05, 3.63) is 29.0 Å². The van der Waals surface area contributed by atoms with Crippen molar-refractivity contribution in [2.75, 3.05) is 13.7 Å². The van der Waals surface area contributed by atoms with Gasteiger partial charge in [0.1, 0.15) is 5.75 Å². The standard InChI is InChI=1S/C19H22ClN3O3/c1-25-16-10-13(20)7-8-15(16)19-21-18(22-26-19)12-9-17(24)23(11-12)14-5-3-2-4-6-14/h7-8,10,12,14H,2-6,9,11H2,1H3/t12-/m0/s1. The van der Waals surface area contributed by atoms with Gasteiger partial charge in [-0.2, -0.15) is 4.98 Å². The zero-order valence-electron chi connectivity index (χ0n) is 14.8. The lowest BCUT2D eigenvalue weighted by Crippen LogP contribution is -2.37. The Bertz CT molecular complexity index is 801. The predicted octanol–water partition coefficient (Wildman–Crippen LogP) is 4.05. The molecule has 2 heterocycles. The van der Waals surface area contributed by atoms with Crippen LogP contribution in [0.5, 0.6) is 5.75 Å². The van der Waals surface area contributed by atoms with Gasteiger partial charge in [-0.3, -0.25) is 4.79 Å². The fourth-order valence-electron chi connectivity index (χ4n) is 4.00. The molecule has 138 valence electrons. The Balaban J connectivity index is 1.53. The Morgan fingerprint density at radius 3 is 2.85 bits per heavy atom. The van der Waals surface area contributed by atoms with Crippen LogP contribution in [0.3, 0.4) is 0 Å². The third-order valence-corrected chi connectivity index (χ3v) is 5.61. The van der Waals surface area contributed by atoms with Crippen LogP contribution in [0.2, 0.25) is 5.02 Å². The van der Waals surface area contributed by atoms with E-state index in [2.05, 4.69) is 10.1 Å². The SMILES string of the molecule is COc1cc(Cl)ccc1-c1nc([C@H]2CC(=O)N(C3CCCCC3)C2)no1. The molecule has 7 heteroatoms. The van der Waals surface area contributed by atoms with Crippen molar-refractivity contribution in [3.63, 3.8) is 0 Å². The van der Waals surface area contributed by atoms with Gasteiger partial charge in [-0.1, -0.05) is 36.0 Å². The van der Waals surface area contributed by atoms with Crippen molar-refractivity contribution in [2.45, 2.75) is 50.5 Å². The van der Waals surface area contributed by atoms with Crippen LogP contribution in [-0.4, -0.2) is 40.6 Å². The Hall–Kier alpha value is -2.08. The molecule has 2 aromatic rings. The first kappa shape index (κ1) is 17.3. The Kier molecular flexibility index (Phi) is 4.85. The predicted molar refractivity (Wildman–Crippen MR) is 97.2 cm³/mol. The number of methoxy groups -OCH3 is 1. The molecule has 1 amide bonds. The molecule has 1 aromatic carbocycles. The minimum atomic E-state index is -0.0137. The summed E-state index contributed by atoms with van der Waals surface area (Å²) < 4.78 is 10.8. The normalized spacial score (nSPS) is 21.4. The molecule has 4 rings (SSSR count). The number of likely N-dealkylation sites (tertiary alicyclic amines) is 1. The van der Waals surface area contributed by atoms with Crippen molar-refractivity contribution < 1.29 is 14.1 Å². The molecule has 26 heavy (non-hydrogen) atoms. The molecule has 0 bridgehead atoms. The minimum Gasteiger partial charge on any atom is -0.496 e. The average Bonchev–Trinajstić information content (AvgIpc) is 3.29. The Labute approximate surface area is 157 Å². The van der Waals surface area contributed by atoms with Crippen LogP contribution in [-0.2, 0) is 4.79 Å². The topological polar surface area (TPSA) is 68.5 Å². The fourth-order valence-corrected chi connectivity index (χ4v) is 4.16. The molecule has 0 spiro atoms. The average molecular weight is 376 g/mol. The number of hydrogen-bond acceptors (Lipinski definition) is 5. The summed E-state index contributed by atoms with van der Waals surface area (Å²) in [5, 5.41) is 4.71. The molecule has 0 radical (unpaired) electrons. The monoisotopic (exact) mass is 375 g/mol. The van der Waals surface area contributed by atoms with Crippen LogP contribution < -0.4 is 4.74 Å². The first-order chi connectivity index (χ1) is 12.7. The molecular weight excluding hydrogens is 354 g/mol. The zero-order valence-corrected chi connectivity index (χ0v) is 15.5. The largest absolute Gasteiger partial charge is 0.496 e. The third kappa shape index (κ3) is 3.30. The van der Waals surface area contributed by atoms with Gasteiger partial charge in [0, 0.05) is 29.9 Å². The van der Waals surface area contributed by atoms with E-state index in [-0.39, 0.29) is 11.8 Å². The summed E-state index contributed by atoms with van der Waals surface area (Å²) in [4.78, 5) is 19.0. The molecule has 2 fully saturated rings. The van der Waals surface area contributed by atoms with Crippen LogP contribution in [0.4, 0.5) is 0 Å². The summed E-state index contributed by atoms with van der Waals surface area (Å²) in [6.45, 7) is 0.681. The number of amides is 1. The summed E-state index contributed by atoms with van der Waals surface area (Å²) >= 11 is 6.01. The number of carbonyl (C=O) groups is 1. The molecule has 1 aromatic heterocycles. The first-order valence-electron chi connectivity index (χ1n) is 9.12. The van der Waals surface area contributed by atoms with E-state index in [9.17, 15) is 4.79 Å². The number of halogens is 1. The van der Waals surface area contributed by atoms with E-state index < -0.39 is 0 Å². The van der Waals surface area contributed by atoms with Gasteiger partial charge in [0.2, 0.25) is 5.91 Å². The van der Waals surface area contributed by atoms with Crippen LogP contribution in [0.15, 0.2) is 22.7 Å². The zero-order chi connectivity index (χ0) is 18.1. The van der Waals surface area contributed by atoms with Crippen molar-refractivity contribution in [1.82, 2.24) is 15.0 Å². The molecular formula is C19H22ClN3O3. The number of nitrogens with zero attached hydrogens (tertiary/aromatic N) is 3. The van der Waals surface area contributed by atoms with Crippen molar-refractivity contribution in [3.8, 4) is 17.2 Å². The number of benzene rings is 1. The Morgan fingerprint density at radius 1 is 1.27 bits per heavy atom. The van der Waals surface area contributed by atoms with Gasteiger partial charge in [-0.15, -0.1) is 0 Å². The highest BCUT2D eigenvalue weighted by molar-refractivity contribution is 6.30. The molecule has 6 nitrogen and oxygen atoms in total. The lowest BCUT2D eigenvalue weighted by Gasteiger charge is -2.31. The van der Waals surface area contributed by atoms with E-state index >= 15 is 0 Å². The number of rotatable bonds is 4. The summed E-state index contributed by atoms with van der Waals surface area (Å²) in [5.74, 6) is 1.75. The van der Waals surface area contributed by atoms with E-state index in [0.717, 1.165) is 12.8 Å². The molecule has 1 aliphatic carbocycles. The van der Waals surface area contributed by atoms with E-state index in [1.165, 1.54) is 19.3 Å². The third-order valence-electron chi connectivity index (χ3n) is 5.37. The fraction of sp³-hybridized carbons (Fsp3) is 0.526. The van der Waals surface area contributed by atoms with E-state index in [1.54, 1.807) is 25.3 Å². The summed E-state index contributed by atoms with van der Waals surface area (Å²) in [7, 11) is 1.57. The van der Waals surface area contributed by atoms with Gasteiger partial charge >= 0.3 is 0 Å². The summed E-state index contributed by atoms with van der Waals surface area (Å²) in [6, 6.07) is 5.65. The maximum Gasteiger partial charge on any atom is 0.261 e. The minimum absolute atomic E-state index is 0.0137. The van der Waals surface area contributed by atoms with Crippen molar-refractivity contribution in [2.24, 2.45) is 0 Å². The second kappa shape index (κ2) is 7.27. The summed E-state index contributed by atoms with van der Waals surface area (Å²) in [6.07, 6.45) is 6.37. The van der Waals surface area contributed by atoms with Crippen LogP contribution >= 0.6 is 11.6 Å². The molecule has 1 saturated carbocycles. The van der Waals surface area contributed by atoms with Gasteiger partial charge in [0.15, 0.2) is 5.82 Å². The van der Waals surface area contributed by atoms with Crippen molar-refractivity contribution >= 4 is 17.5 Å². The van der Waals surface area contributed by atoms with E-state index in [4.69, 9.17) is 20.9 Å². The van der Waals surface area contributed by atoms with Gasteiger partial charge in [0.25, 0.3) is 5.89 Å². The number of ether oxygens (including phenoxy) is 1. The number of carbonyl (C=O) groups excluding carboxylic acids is 1.